The Morgan fingerprint density at radius 1 is 0.553 bits per heavy atom. The number of nitrogens with two attached hydrogens (primary N) is 1. The van der Waals surface area contributed by atoms with Gasteiger partial charge >= 0.3 is 11.9 Å². The highest BCUT2D eigenvalue weighted by Gasteiger charge is 2.25. The van der Waals surface area contributed by atoms with E-state index in [1.807, 2.05) is 176 Å². The predicted molar refractivity (Wildman–Crippen MR) is 297 cm³/mol. The molecule has 0 aromatic heterocycles. The summed E-state index contributed by atoms with van der Waals surface area (Å²) in [4.78, 5) is 37.2. The van der Waals surface area contributed by atoms with E-state index in [0.29, 0.717) is 23.5 Å². The molecule has 0 saturated heterocycles. The number of esters is 1. The minimum absolute atomic E-state index is 0.0143. The van der Waals surface area contributed by atoms with Crippen LogP contribution >= 0.6 is 11.6 Å². The Morgan fingerprint density at radius 2 is 1.00 bits per heavy atom. The molecule has 0 aliphatic carbocycles. The van der Waals surface area contributed by atoms with Crippen molar-refractivity contribution in [3.8, 4) is 56.4 Å². The first-order chi connectivity index (χ1) is 36.8. The average molecular weight is 1050 g/mol. The number of methoxy groups -OCH3 is 1. The van der Waals surface area contributed by atoms with Gasteiger partial charge in [-0.1, -0.05) is 175 Å². The fourth-order valence-corrected chi connectivity index (χ4v) is 9.33. The van der Waals surface area contributed by atoms with Crippen LogP contribution in [0.5, 0.6) is 23.0 Å². The van der Waals surface area contributed by atoms with Crippen molar-refractivity contribution in [1.29, 1.82) is 0 Å². The minimum atomic E-state index is -4.12. The third-order valence-corrected chi connectivity index (χ3v) is 13.6. The molecule has 0 aliphatic heterocycles. The first-order valence-electron chi connectivity index (χ1n) is 24.0. The summed E-state index contributed by atoms with van der Waals surface area (Å²) < 4.78 is 45.9. The van der Waals surface area contributed by atoms with Crippen molar-refractivity contribution in [3.63, 3.8) is 0 Å². The zero-order chi connectivity index (χ0) is 53.4. The van der Waals surface area contributed by atoms with Crippen LogP contribution < -0.4 is 25.2 Å². The Balaban J connectivity index is 0.000000247. The zero-order valence-corrected chi connectivity index (χ0v) is 42.7. The van der Waals surface area contributed by atoms with Gasteiger partial charge in [-0.3, -0.25) is 14.3 Å². The quantitative estimate of drug-likeness (QED) is 0.0603. The third-order valence-electron chi connectivity index (χ3n) is 12.0. The number of ether oxygens (including phenoxy) is 3. The summed E-state index contributed by atoms with van der Waals surface area (Å²) in [6.45, 7) is 0. The molecule has 9 aromatic rings. The SMILES string of the molecule is COC(=O)[C@@H](N)Cc1ccc(-c2ccccc2Oc2ccccc2)cc1.O=C(N[C@@H](Cc1ccc(-c2ccccc2Oc2ccccc2)cc1)C(=O)O)c1cc(Cl)ccc1NS(=O)(=O)c1ccc(-c2ccccc2)cc1. The lowest BCUT2D eigenvalue weighted by Gasteiger charge is -2.18. The number of carbonyl (C=O) groups excluding carboxylic acids is 2. The largest absolute Gasteiger partial charge is 0.480 e. The number of hydrogen-bond acceptors (Lipinski definition) is 9. The number of benzene rings is 9. The second kappa shape index (κ2) is 25.3. The molecular weight excluding hydrogens is 998 g/mol. The molecule has 0 aliphatic rings. The lowest BCUT2D eigenvalue weighted by molar-refractivity contribution is -0.142. The van der Waals surface area contributed by atoms with Crippen LogP contribution in [0, 0.1) is 0 Å². The van der Waals surface area contributed by atoms with Gasteiger partial charge in [-0.2, -0.15) is 0 Å². The van der Waals surface area contributed by atoms with Crippen LogP contribution in [0.3, 0.4) is 0 Å². The number of carbonyl (C=O) groups is 3. The van der Waals surface area contributed by atoms with E-state index in [2.05, 4.69) is 14.8 Å². The van der Waals surface area contributed by atoms with E-state index in [-0.39, 0.29) is 27.6 Å². The maximum atomic E-state index is 13.5. The predicted octanol–water partition coefficient (Wildman–Crippen LogP) is 12.9. The molecule has 0 unspecified atom stereocenters. The molecule has 0 fully saturated rings. The third kappa shape index (κ3) is 14.2. The van der Waals surface area contributed by atoms with Gasteiger partial charge < -0.3 is 30.4 Å². The van der Waals surface area contributed by atoms with E-state index in [0.717, 1.165) is 50.4 Å². The van der Waals surface area contributed by atoms with Crippen molar-refractivity contribution < 1.29 is 42.1 Å². The van der Waals surface area contributed by atoms with Crippen molar-refractivity contribution >= 4 is 45.2 Å². The highest BCUT2D eigenvalue weighted by Crippen LogP contribution is 2.35. The highest BCUT2D eigenvalue weighted by molar-refractivity contribution is 7.92. The number of aliphatic carboxylic acids is 1. The fraction of sp³-hybridized carbons (Fsp3) is 0.0806. The van der Waals surface area contributed by atoms with E-state index in [9.17, 15) is 27.9 Å². The number of halogens is 1. The number of rotatable bonds is 18. The zero-order valence-electron chi connectivity index (χ0n) is 41.1. The van der Waals surface area contributed by atoms with Crippen LogP contribution in [0.4, 0.5) is 5.69 Å². The first-order valence-corrected chi connectivity index (χ1v) is 25.9. The molecule has 9 rings (SSSR count). The van der Waals surface area contributed by atoms with Gasteiger partial charge in [0.15, 0.2) is 0 Å². The number of nitrogens with one attached hydrogen (secondary N) is 2. The van der Waals surface area contributed by atoms with Crippen LogP contribution in [-0.2, 0) is 37.2 Å². The summed E-state index contributed by atoms with van der Waals surface area (Å²) >= 11 is 6.19. The molecule has 0 saturated carbocycles. The van der Waals surface area contributed by atoms with Crippen molar-refractivity contribution in [2.24, 2.45) is 5.73 Å². The van der Waals surface area contributed by atoms with E-state index in [1.54, 1.807) is 24.3 Å². The topological polar surface area (TPSA) is 183 Å². The molecular formula is C62H52ClN3O9S. The maximum absolute atomic E-state index is 13.5. The van der Waals surface area contributed by atoms with Crippen LogP contribution in [0.25, 0.3) is 33.4 Å². The summed E-state index contributed by atoms with van der Waals surface area (Å²) in [5.41, 5.74) is 12.8. The van der Waals surface area contributed by atoms with Crippen LogP contribution in [-0.4, -0.2) is 50.6 Å². The fourth-order valence-electron chi connectivity index (χ4n) is 8.07. The average Bonchev–Trinajstić information content (AvgIpc) is 3.45. The van der Waals surface area contributed by atoms with Crippen molar-refractivity contribution in [2.75, 3.05) is 11.8 Å². The molecule has 1 amide bonds. The number of amides is 1. The van der Waals surface area contributed by atoms with Gasteiger partial charge in [0.2, 0.25) is 0 Å². The van der Waals surface area contributed by atoms with Gasteiger partial charge in [-0.05, 0) is 107 Å². The van der Waals surface area contributed by atoms with E-state index in [1.165, 1.54) is 37.4 Å². The summed E-state index contributed by atoms with van der Waals surface area (Å²) in [5, 5.41) is 12.7. The molecule has 12 nitrogen and oxygen atoms in total. The van der Waals surface area contributed by atoms with Crippen molar-refractivity contribution in [1.82, 2.24) is 5.32 Å². The van der Waals surface area contributed by atoms with E-state index < -0.39 is 40.0 Å². The number of sulfonamides is 1. The Labute approximate surface area is 446 Å². The van der Waals surface area contributed by atoms with E-state index >= 15 is 0 Å². The number of carboxylic acid groups (broad SMARTS) is 1. The van der Waals surface area contributed by atoms with Gasteiger partial charge in [0.05, 0.1) is 23.3 Å². The Bertz CT molecular complexity index is 3510. The number of para-hydroxylation sites is 4. The number of hydrogen-bond donors (Lipinski definition) is 4. The Morgan fingerprint density at radius 3 is 1.50 bits per heavy atom. The summed E-state index contributed by atoms with van der Waals surface area (Å²) in [5.74, 6) is 0.477. The molecule has 0 radical (unpaired) electrons. The monoisotopic (exact) mass is 1050 g/mol. The molecule has 0 spiro atoms. The molecule has 5 N–H and O–H groups in total. The van der Waals surface area contributed by atoms with Gasteiger partial charge in [-0.25, -0.2) is 13.2 Å². The Hall–Kier alpha value is -9.01. The maximum Gasteiger partial charge on any atom is 0.326 e. The molecule has 0 bridgehead atoms. The standard InChI is InChI=1S/C40H31ClN2O6S.C22H21NO3/c41-31-21-24-36(43-50(47,48)33-22-19-29(20-23-33)28-9-3-1-4-10-28)35(26-31)39(44)42-37(40(45)46)25-27-15-17-30(18-16-27)34-13-7-8-14-38(34)49-32-11-5-2-6-12-32;1-25-22(24)20(23)15-16-11-13-17(14-12-16)19-9-5-6-10-21(19)26-18-7-3-2-4-8-18/h1-24,26,37,43H,25H2,(H,42,44)(H,45,46);2-14,20H,15,23H2,1H3/t37-;20-/m00/s1. The first kappa shape index (κ1) is 53.3. The molecule has 2 atom stereocenters. The van der Waals surface area contributed by atoms with Gasteiger partial charge in [0, 0.05) is 22.6 Å². The molecule has 382 valence electrons. The van der Waals surface area contributed by atoms with Gasteiger partial charge in [0.1, 0.15) is 35.1 Å². The minimum Gasteiger partial charge on any atom is -0.480 e. The summed E-state index contributed by atoms with van der Waals surface area (Å²) in [6, 6.07) is 67.8. The molecule has 14 heteroatoms. The molecule has 0 heterocycles. The lowest BCUT2D eigenvalue weighted by Crippen LogP contribution is -2.42. The lowest BCUT2D eigenvalue weighted by atomic mass is 9.99. The van der Waals surface area contributed by atoms with Crippen LogP contribution in [0.15, 0.2) is 235 Å². The van der Waals surface area contributed by atoms with Crippen LogP contribution in [0.2, 0.25) is 5.02 Å². The normalized spacial score (nSPS) is 11.7. The second-order valence-corrected chi connectivity index (χ2v) is 19.4. The molecule has 9 aromatic carbocycles. The Kier molecular flexibility index (Phi) is 17.7. The van der Waals surface area contributed by atoms with Gasteiger partial charge in [-0.15, -0.1) is 0 Å². The van der Waals surface area contributed by atoms with Crippen LogP contribution in [0.1, 0.15) is 21.5 Å². The van der Waals surface area contributed by atoms with Crippen molar-refractivity contribution in [3.05, 3.63) is 252 Å². The smallest absolute Gasteiger partial charge is 0.326 e. The van der Waals surface area contributed by atoms with Crippen molar-refractivity contribution in [2.45, 2.75) is 29.8 Å². The number of carboxylic acids is 1. The second-order valence-electron chi connectivity index (χ2n) is 17.3. The number of anilines is 1. The van der Waals surface area contributed by atoms with E-state index in [4.69, 9.17) is 26.8 Å². The molecule has 76 heavy (non-hydrogen) atoms. The highest BCUT2D eigenvalue weighted by atomic mass is 35.5. The summed E-state index contributed by atoms with van der Waals surface area (Å²) in [7, 11) is -2.78. The van der Waals surface area contributed by atoms with Gasteiger partial charge in [0.25, 0.3) is 15.9 Å². The summed E-state index contributed by atoms with van der Waals surface area (Å²) in [6.07, 6.45) is 0.411.